The van der Waals surface area contributed by atoms with Crippen LogP contribution in [0.25, 0.3) is 0 Å². The van der Waals surface area contributed by atoms with Crippen molar-refractivity contribution in [2.24, 2.45) is 0 Å². The van der Waals surface area contributed by atoms with Crippen LogP contribution in [0, 0.1) is 0 Å². The monoisotopic (exact) mass is 475 g/mol. The molecule has 4 rings (SSSR count). The second kappa shape index (κ2) is 10.0. The number of amides is 2. The Hall–Kier alpha value is -3.10. The number of halogens is 3. The Balaban J connectivity index is 1.60. The average molecular weight is 476 g/mol. The largest absolute Gasteiger partial charge is 0.416 e. The maximum atomic E-state index is 13.2. The molecule has 1 aliphatic carbocycles. The first-order valence-corrected chi connectivity index (χ1v) is 11.7. The van der Waals surface area contributed by atoms with Crippen molar-refractivity contribution in [2.75, 3.05) is 13.1 Å². The third-order valence-electron chi connectivity index (χ3n) is 6.62. The number of hydrogen-bond donors (Lipinski definition) is 1. The van der Waals surface area contributed by atoms with Crippen LogP contribution in [0.4, 0.5) is 13.2 Å². The molecular weight excluding hydrogens is 447 g/mol. The summed E-state index contributed by atoms with van der Waals surface area (Å²) in [5, 5.41) is 2.55. The minimum Gasteiger partial charge on any atom is -0.349 e. The fourth-order valence-corrected chi connectivity index (χ4v) is 4.73. The van der Waals surface area contributed by atoms with Crippen molar-refractivity contribution in [3.8, 4) is 0 Å². The maximum absolute atomic E-state index is 13.2. The van der Waals surface area contributed by atoms with E-state index in [0.717, 1.165) is 57.1 Å². The summed E-state index contributed by atoms with van der Waals surface area (Å²) in [5.74, 6) is -1.08. The van der Waals surface area contributed by atoms with Gasteiger partial charge in [-0.2, -0.15) is 13.2 Å². The fourth-order valence-electron chi connectivity index (χ4n) is 4.73. The van der Waals surface area contributed by atoms with Gasteiger partial charge in [0.05, 0.1) is 5.56 Å². The zero-order chi connectivity index (χ0) is 24.3. The van der Waals surface area contributed by atoms with Gasteiger partial charge in [0.2, 0.25) is 5.43 Å². The second-order valence-corrected chi connectivity index (χ2v) is 9.03. The van der Waals surface area contributed by atoms with Gasteiger partial charge in [0.1, 0.15) is 11.1 Å². The highest BCUT2D eigenvalue weighted by atomic mass is 19.4. The topological polar surface area (TPSA) is 71.4 Å². The Labute approximate surface area is 195 Å². The van der Waals surface area contributed by atoms with Crippen molar-refractivity contribution in [1.82, 2.24) is 14.8 Å². The minimum atomic E-state index is -4.49. The molecule has 2 aliphatic rings. The van der Waals surface area contributed by atoms with E-state index in [4.69, 9.17) is 0 Å². The molecule has 6 nitrogen and oxygen atoms in total. The third-order valence-corrected chi connectivity index (χ3v) is 6.62. The van der Waals surface area contributed by atoms with E-state index < -0.39 is 23.1 Å². The zero-order valence-electron chi connectivity index (χ0n) is 18.9. The number of rotatable bonds is 5. The molecule has 9 heteroatoms. The molecule has 0 atom stereocenters. The summed E-state index contributed by atoms with van der Waals surface area (Å²) in [4.78, 5) is 41.0. The van der Waals surface area contributed by atoms with Gasteiger partial charge in [-0.15, -0.1) is 0 Å². The van der Waals surface area contributed by atoms with Crippen LogP contribution in [0.2, 0.25) is 0 Å². The van der Waals surface area contributed by atoms with Crippen LogP contribution in [0.3, 0.4) is 0 Å². The molecule has 1 aromatic heterocycles. The van der Waals surface area contributed by atoms with Crippen molar-refractivity contribution < 1.29 is 22.8 Å². The lowest BCUT2D eigenvalue weighted by Crippen LogP contribution is -2.40. The molecule has 1 N–H and O–H groups in total. The molecule has 1 saturated carbocycles. The molecule has 2 heterocycles. The zero-order valence-corrected chi connectivity index (χ0v) is 18.9. The summed E-state index contributed by atoms with van der Waals surface area (Å²) in [6.45, 7) is 0.983. The summed E-state index contributed by atoms with van der Waals surface area (Å²) in [6.07, 6.45) is 5.20. The number of carbonyl (C=O) groups excluding carboxylic acids is 2. The highest BCUT2D eigenvalue weighted by molar-refractivity contribution is 5.99. The first kappa shape index (κ1) is 24.0. The van der Waals surface area contributed by atoms with E-state index in [1.807, 2.05) is 0 Å². The van der Waals surface area contributed by atoms with Crippen LogP contribution in [-0.4, -0.2) is 34.4 Å². The number of hydrogen-bond acceptors (Lipinski definition) is 3. The van der Waals surface area contributed by atoms with Crippen LogP contribution in [-0.2, 0) is 12.7 Å². The van der Waals surface area contributed by atoms with Gasteiger partial charge < -0.3 is 14.8 Å². The average Bonchev–Trinajstić information content (AvgIpc) is 3.37. The number of likely N-dealkylation sites (tertiary alicyclic amines) is 1. The van der Waals surface area contributed by atoms with E-state index in [2.05, 4.69) is 5.32 Å². The molecule has 0 radical (unpaired) electrons. The lowest BCUT2D eigenvalue weighted by molar-refractivity contribution is -0.137. The Morgan fingerprint density at radius 1 is 0.971 bits per heavy atom. The maximum Gasteiger partial charge on any atom is 0.416 e. The van der Waals surface area contributed by atoms with Crippen LogP contribution >= 0.6 is 0 Å². The fraction of sp³-hybridized carbons (Fsp3) is 0.480. The molecule has 1 aromatic carbocycles. The predicted octanol–water partition coefficient (Wildman–Crippen LogP) is 4.54. The SMILES string of the molecule is O=C(NCc1cccc(C(F)(F)F)c1)c1cn(C2CCCC2)cc(C(=O)N2CCCCC2)c1=O. The Kier molecular flexibility index (Phi) is 7.09. The van der Waals surface area contributed by atoms with E-state index in [9.17, 15) is 27.6 Å². The molecule has 0 spiro atoms. The molecule has 1 saturated heterocycles. The smallest absolute Gasteiger partial charge is 0.349 e. The van der Waals surface area contributed by atoms with Gasteiger partial charge in [-0.3, -0.25) is 14.4 Å². The number of alkyl halides is 3. The molecule has 34 heavy (non-hydrogen) atoms. The molecular formula is C25H28F3N3O3. The lowest BCUT2D eigenvalue weighted by Gasteiger charge is -2.27. The van der Waals surface area contributed by atoms with E-state index in [1.54, 1.807) is 15.7 Å². The summed E-state index contributed by atoms with van der Waals surface area (Å²) in [7, 11) is 0. The predicted molar refractivity (Wildman–Crippen MR) is 121 cm³/mol. The van der Waals surface area contributed by atoms with Gasteiger partial charge >= 0.3 is 6.18 Å². The number of piperidine rings is 1. The van der Waals surface area contributed by atoms with Gasteiger partial charge in [-0.05, 0) is 49.8 Å². The summed E-state index contributed by atoms with van der Waals surface area (Å²) < 4.78 is 40.7. The molecule has 182 valence electrons. The number of nitrogens with one attached hydrogen (secondary N) is 1. The summed E-state index contributed by atoms with van der Waals surface area (Å²) in [6, 6.07) is 4.77. The normalized spacial score (nSPS) is 17.1. The van der Waals surface area contributed by atoms with Crippen molar-refractivity contribution in [3.05, 3.63) is 69.1 Å². The van der Waals surface area contributed by atoms with Crippen molar-refractivity contribution >= 4 is 11.8 Å². The van der Waals surface area contributed by atoms with Gasteiger partial charge in [-0.1, -0.05) is 25.0 Å². The number of carbonyl (C=O) groups is 2. The van der Waals surface area contributed by atoms with E-state index in [-0.39, 0.29) is 35.2 Å². The third kappa shape index (κ3) is 5.34. The quantitative estimate of drug-likeness (QED) is 0.690. The van der Waals surface area contributed by atoms with E-state index in [0.29, 0.717) is 13.1 Å². The van der Waals surface area contributed by atoms with Crippen molar-refractivity contribution in [3.63, 3.8) is 0 Å². The molecule has 2 aromatic rings. The van der Waals surface area contributed by atoms with Crippen LogP contribution in [0.1, 0.15) is 82.8 Å². The Bertz CT molecular complexity index is 1110. The van der Waals surface area contributed by atoms with E-state index >= 15 is 0 Å². The molecule has 2 fully saturated rings. The van der Waals surface area contributed by atoms with Crippen molar-refractivity contribution in [2.45, 2.75) is 63.7 Å². The van der Waals surface area contributed by atoms with Crippen LogP contribution in [0.5, 0.6) is 0 Å². The highest BCUT2D eigenvalue weighted by Crippen LogP contribution is 2.30. The standard InChI is InChI=1S/C25H28F3N3O3/c26-25(27,28)18-8-6-7-17(13-18)14-29-23(33)20-15-31(19-9-2-3-10-19)16-21(22(20)32)24(34)30-11-4-1-5-12-30/h6-8,13,15-16,19H,1-5,9-12,14H2,(H,29,33). The summed E-state index contributed by atoms with van der Waals surface area (Å²) in [5.41, 5.74) is -1.38. The number of pyridine rings is 1. The van der Waals surface area contributed by atoms with Crippen LogP contribution < -0.4 is 10.7 Å². The molecule has 2 amide bonds. The first-order chi connectivity index (χ1) is 16.2. The molecule has 0 bridgehead atoms. The Morgan fingerprint density at radius 3 is 2.32 bits per heavy atom. The van der Waals surface area contributed by atoms with Crippen molar-refractivity contribution in [1.29, 1.82) is 0 Å². The molecule has 1 aliphatic heterocycles. The van der Waals surface area contributed by atoms with Gasteiger partial charge in [0.25, 0.3) is 11.8 Å². The van der Waals surface area contributed by atoms with E-state index in [1.165, 1.54) is 18.3 Å². The lowest BCUT2D eigenvalue weighted by atomic mass is 10.1. The van der Waals surface area contributed by atoms with Gasteiger partial charge in [-0.25, -0.2) is 0 Å². The first-order valence-electron chi connectivity index (χ1n) is 11.7. The van der Waals surface area contributed by atoms with Crippen LogP contribution in [0.15, 0.2) is 41.5 Å². The minimum absolute atomic E-state index is 0.0273. The second-order valence-electron chi connectivity index (χ2n) is 9.03. The molecule has 0 unspecified atom stereocenters. The van der Waals surface area contributed by atoms with Gasteiger partial charge in [0.15, 0.2) is 0 Å². The number of benzene rings is 1. The highest BCUT2D eigenvalue weighted by Gasteiger charge is 2.30. The Morgan fingerprint density at radius 2 is 1.65 bits per heavy atom. The van der Waals surface area contributed by atoms with Gasteiger partial charge in [0, 0.05) is 38.1 Å². The number of aromatic nitrogens is 1. The number of nitrogens with zero attached hydrogens (tertiary/aromatic N) is 2. The summed E-state index contributed by atoms with van der Waals surface area (Å²) >= 11 is 0.